The molecule has 0 aliphatic heterocycles. The summed E-state index contributed by atoms with van der Waals surface area (Å²) in [5, 5.41) is 0. The minimum atomic E-state index is -1.51. The minimum absolute atomic E-state index is 0.259. The molecule has 0 unspecified atom stereocenters. The summed E-state index contributed by atoms with van der Waals surface area (Å²) in [5.41, 5.74) is 0. The lowest BCUT2D eigenvalue weighted by molar-refractivity contribution is 0.147. The van der Waals surface area contributed by atoms with E-state index in [0.717, 1.165) is 0 Å². The summed E-state index contributed by atoms with van der Waals surface area (Å²) in [4.78, 5) is 0. The Balaban J connectivity index is 3.34. The Morgan fingerprint density at radius 3 is 1.50 bits per heavy atom. The molecule has 0 radical (unpaired) electrons. The Hall–Kier alpha value is 0.932. The zero-order valence-electron chi connectivity index (χ0n) is 6.93. The first-order chi connectivity index (χ1) is 4.52. The van der Waals surface area contributed by atoms with Crippen molar-refractivity contribution in [1.82, 2.24) is 0 Å². The van der Waals surface area contributed by atoms with Gasteiger partial charge in [0.15, 0.2) is 0 Å². The second-order valence-corrected chi connectivity index (χ2v) is 5.98. The van der Waals surface area contributed by atoms with Crippen LogP contribution in [0.25, 0.3) is 0 Å². The van der Waals surface area contributed by atoms with Gasteiger partial charge in [0.05, 0.1) is 0 Å². The summed E-state index contributed by atoms with van der Waals surface area (Å²) in [6.07, 6.45) is 0.518. The highest BCUT2D eigenvalue weighted by atomic mass is 79.9. The van der Waals surface area contributed by atoms with Crippen LogP contribution in [0.2, 0.25) is 0 Å². The summed E-state index contributed by atoms with van der Waals surface area (Å²) in [6.45, 7) is 8.02. The average Bonchev–Trinajstić information content (AvgIpc) is 1.58. The van der Waals surface area contributed by atoms with Crippen molar-refractivity contribution in [2.75, 3.05) is 0 Å². The lowest BCUT2D eigenvalue weighted by atomic mass is 10.5. The Labute approximate surface area is 74.6 Å². The molecule has 0 amide bonds. The van der Waals surface area contributed by atoms with E-state index in [-0.39, 0.29) is 12.2 Å². The number of hydrogen-bond donors (Lipinski definition) is 0. The molecule has 0 spiro atoms. The molecule has 60 valence electrons. The predicted molar refractivity (Wildman–Crippen MR) is 47.1 cm³/mol. The SMILES string of the molecule is CC(C)[O][Al]([Br])[O]C(C)C. The van der Waals surface area contributed by atoms with Crippen LogP contribution in [0.3, 0.4) is 0 Å². The van der Waals surface area contributed by atoms with Crippen molar-refractivity contribution >= 4 is 27.0 Å². The van der Waals surface area contributed by atoms with Gasteiger partial charge in [-0.1, -0.05) is 0 Å². The lowest BCUT2D eigenvalue weighted by Crippen LogP contribution is -2.23. The Kier molecular flexibility index (Phi) is 6.08. The first-order valence-corrected chi connectivity index (χ1v) is 7.60. The van der Waals surface area contributed by atoms with Crippen LogP contribution >= 0.6 is 14.1 Å². The molecular weight excluding hydrogens is 211 g/mol. The van der Waals surface area contributed by atoms with Crippen LogP contribution in [-0.4, -0.2) is 25.2 Å². The molecule has 0 bridgehead atoms. The van der Waals surface area contributed by atoms with Crippen molar-refractivity contribution in [3.8, 4) is 0 Å². The van der Waals surface area contributed by atoms with Crippen LogP contribution in [0.4, 0.5) is 0 Å². The van der Waals surface area contributed by atoms with Crippen LogP contribution in [0.5, 0.6) is 0 Å². The second kappa shape index (κ2) is 5.57. The average molecular weight is 225 g/mol. The first-order valence-electron chi connectivity index (χ1n) is 3.47. The number of halogens is 1. The normalized spacial score (nSPS) is 11.1. The largest absolute Gasteiger partial charge is 0.774 e. The number of rotatable bonds is 4. The van der Waals surface area contributed by atoms with Gasteiger partial charge >= 0.3 is 13.0 Å². The minimum Gasteiger partial charge on any atom is -0.467 e. The van der Waals surface area contributed by atoms with Crippen LogP contribution in [0.15, 0.2) is 0 Å². The molecule has 0 heterocycles. The summed E-state index contributed by atoms with van der Waals surface area (Å²) in [7, 11) is 0. The molecular formula is C6H14AlBrO2. The second-order valence-electron chi connectivity index (χ2n) is 2.64. The topological polar surface area (TPSA) is 18.5 Å². The fraction of sp³-hybridized carbons (Fsp3) is 1.00. The van der Waals surface area contributed by atoms with Crippen molar-refractivity contribution in [2.24, 2.45) is 0 Å². The summed E-state index contributed by atoms with van der Waals surface area (Å²) < 4.78 is 10.8. The van der Waals surface area contributed by atoms with Gasteiger partial charge < -0.3 is 7.58 Å². The smallest absolute Gasteiger partial charge is 0.467 e. The van der Waals surface area contributed by atoms with E-state index in [4.69, 9.17) is 7.58 Å². The Morgan fingerprint density at radius 1 is 1.00 bits per heavy atom. The molecule has 0 N–H and O–H groups in total. The molecule has 0 aliphatic rings. The van der Waals surface area contributed by atoms with Crippen LogP contribution < -0.4 is 0 Å². The molecule has 0 rings (SSSR count). The van der Waals surface area contributed by atoms with Gasteiger partial charge in [0.1, 0.15) is 0 Å². The molecule has 0 aromatic rings. The standard InChI is InChI=1S/2C3H7O.Al.BrH/c2*1-3(2)4;;/h2*3H,1-2H3;;1H/q2*-1;+3;/p-1. The molecule has 0 aromatic carbocycles. The van der Waals surface area contributed by atoms with Crippen LogP contribution in [0.1, 0.15) is 27.7 Å². The first kappa shape index (κ1) is 10.9. The van der Waals surface area contributed by atoms with Crippen LogP contribution in [0, 0.1) is 0 Å². The van der Waals surface area contributed by atoms with Gasteiger partial charge in [0.2, 0.25) is 0 Å². The van der Waals surface area contributed by atoms with Gasteiger partial charge in [-0.2, -0.15) is 0 Å². The van der Waals surface area contributed by atoms with E-state index in [1.807, 2.05) is 27.7 Å². The van der Waals surface area contributed by atoms with Crippen molar-refractivity contribution in [2.45, 2.75) is 39.9 Å². The molecule has 2 nitrogen and oxygen atoms in total. The Bertz CT molecular complexity index is 77.8. The highest BCUT2D eigenvalue weighted by molar-refractivity contribution is 9.24. The number of hydrogen-bond acceptors (Lipinski definition) is 2. The quantitative estimate of drug-likeness (QED) is 0.683. The van der Waals surface area contributed by atoms with Gasteiger partial charge in [0.25, 0.3) is 0 Å². The van der Waals surface area contributed by atoms with Gasteiger partial charge in [-0.25, -0.2) is 0 Å². The van der Waals surface area contributed by atoms with Crippen LogP contribution in [-0.2, 0) is 7.58 Å². The van der Waals surface area contributed by atoms with E-state index >= 15 is 0 Å². The van der Waals surface area contributed by atoms with Crippen molar-refractivity contribution < 1.29 is 7.58 Å². The van der Waals surface area contributed by atoms with Gasteiger partial charge in [-0.15, -0.1) is 14.1 Å². The van der Waals surface area contributed by atoms with Gasteiger partial charge in [0, 0.05) is 12.2 Å². The predicted octanol–water partition coefficient (Wildman–Crippen LogP) is 2.22. The third-order valence-electron chi connectivity index (χ3n) is 0.758. The maximum absolute atomic E-state index is 5.39. The summed E-state index contributed by atoms with van der Waals surface area (Å²) >= 11 is 1.87. The fourth-order valence-corrected chi connectivity index (χ4v) is 3.97. The maximum atomic E-state index is 5.39. The van der Waals surface area contributed by atoms with E-state index in [2.05, 4.69) is 14.1 Å². The third kappa shape index (κ3) is 7.04. The van der Waals surface area contributed by atoms with E-state index in [1.54, 1.807) is 0 Å². The molecule has 0 saturated carbocycles. The van der Waals surface area contributed by atoms with E-state index < -0.39 is 13.0 Å². The summed E-state index contributed by atoms with van der Waals surface area (Å²) in [5.74, 6) is 0. The van der Waals surface area contributed by atoms with E-state index in [9.17, 15) is 0 Å². The zero-order chi connectivity index (χ0) is 8.15. The van der Waals surface area contributed by atoms with Gasteiger partial charge in [-0.05, 0) is 27.7 Å². The molecule has 0 fully saturated rings. The maximum Gasteiger partial charge on any atom is 0.774 e. The third-order valence-corrected chi connectivity index (χ3v) is 3.57. The molecule has 0 atom stereocenters. The molecule has 10 heavy (non-hydrogen) atoms. The van der Waals surface area contributed by atoms with Gasteiger partial charge in [-0.3, -0.25) is 0 Å². The summed E-state index contributed by atoms with van der Waals surface area (Å²) in [6, 6.07) is 0. The fourth-order valence-electron chi connectivity index (χ4n) is 0.460. The highest BCUT2D eigenvalue weighted by Crippen LogP contribution is 2.04. The lowest BCUT2D eigenvalue weighted by Gasteiger charge is -2.13. The zero-order valence-corrected chi connectivity index (χ0v) is 9.67. The van der Waals surface area contributed by atoms with E-state index in [0.29, 0.717) is 0 Å². The molecule has 0 aromatic heterocycles. The van der Waals surface area contributed by atoms with Crippen molar-refractivity contribution in [3.05, 3.63) is 0 Å². The molecule has 0 saturated heterocycles. The molecule has 0 aliphatic carbocycles. The highest BCUT2D eigenvalue weighted by Gasteiger charge is 2.23. The molecule has 4 heteroatoms. The van der Waals surface area contributed by atoms with Crippen molar-refractivity contribution in [1.29, 1.82) is 0 Å². The Morgan fingerprint density at radius 2 is 1.30 bits per heavy atom. The van der Waals surface area contributed by atoms with E-state index in [1.165, 1.54) is 0 Å². The monoisotopic (exact) mass is 224 g/mol. The van der Waals surface area contributed by atoms with Crippen molar-refractivity contribution in [3.63, 3.8) is 0 Å².